The molecule has 0 heterocycles. The minimum absolute atomic E-state index is 0.160. The number of benzene rings is 1. The lowest BCUT2D eigenvalue weighted by Crippen LogP contribution is -2.22. The van der Waals surface area contributed by atoms with Gasteiger partial charge in [-0.15, -0.1) is 11.8 Å². The average Bonchev–Trinajstić information content (AvgIpc) is 2.29. The fourth-order valence-electron chi connectivity index (χ4n) is 1.38. The third-order valence-electron chi connectivity index (χ3n) is 2.33. The smallest absolute Gasteiger partial charge is 0.0550 e. The summed E-state index contributed by atoms with van der Waals surface area (Å²) in [4.78, 5) is 1.07. The van der Waals surface area contributed by atoms with Crippen LogP contribution < -0.4 is 5.32 Å². The number of hydrogen-bond donors (Lipinski definition) is 2. The number of aliphatic hydroxyl groups is 1. The van der Waals surface area contributed by atoms with Crippen LogP contribution in [0.25, 0.3) is 0 Å². The van der Waals surface area contributed by atoms with E-state index in [9.17, 15) is 0 Å². The molecule has 0 fully saturated rings. The summed E-state index contributed by atoms with van der Waals surface area (Å²) in [6.45, 7) is 7.20. The van der Waals surface area contributed by atoms with Gasteiger partial charge in [-0.3, -0.25) is 0 Å². The Bertz CT molecular complexity index is 357. The predicted octanol–water partition coefficient (Wildman–Crippen LogP) is 3.31. The topological polar surface area (TPSA) is 32.3 Å². The first kappa shape index (κ1) is 14.8. The van der Waals surface area contributed by atoms with Gasteiger partial charge in [0.05, 0.1) is 11.6 Å². The molecule has 0 saturated carbocycles. The van der Waals surface area contributed by atoms with E-state index in [1.54, 1.807) is 11.8 Å². The maximum atomic E-state index is 9.12. The number of rotatable bonds is 6. The van der Waals surface area contributed by atoms with Gasteiger partial charge in [-0.05, 0) is 11.6 Å². The monoisotopic (exact) mass is 273 g/mol. The zero-order valence-corrected chi connectivity index (χ0v) is 12.1. The molecule has 0 amide bonds. The molecule has 0 saturated heterocycles. The molecule has 0 bridgehead atoms. The van der Waals surface area contributed by atoms with Crippen molar-refractivity contribution in [1.82, 2.24) is 5.32 Å². The Morgan fingerprint density at radius 2 is 2.06 bits per heavy atom. The van der Waals surface area contributed by atoms with Gasteiger partial charge in [0.15, 0.2) is 0 Å². The van der Waals surface area contributed by atoms with E-state index in [2.05, 4.69) is 25.2 Å². The molecule has 1 rings (SSSR count). The second-order valence-corrected chi connectivity index (χ2v) is 6.23. The first-order valence-electron chi connectivity index (χ1n) is 5.83. The van der Waals surface area contributed by atoms with E-state index >= 15 is 0 Å². The van der Waals surface area contributed by atoms with Crippen LogP contribution in [0.15, 0.2) is 23.1 Å². The fraction of sp³-hybridized carbons (Fsp3) is 0.538. The summed E-state index contributed by atoms with van der Waals surface area (Å²) in [5.74, 6) is 0. The average molecular weight is 274 g/mol. The van der Waals surface area contributed by atoms with E-state index < -0.39 is 0 Å². The third kappa shape index (κ3) is 4.88. The summed E-state index contributed by atoms with van der Waals surface area (Å²) >= 11 is 7.84. The van der Waals surface area contributed by atoms with Gasteiger partial charge in [0.1, 0.15) is 0 Å². The molecule has 1 aromatic rings. The Morgan fingerprint density at radius 3 is 2.65 bits per heavy atom. The Kier molecular flexibility index (Phi) is 6.34. The van der Waals surface area contributed by atoms with E-state index in [0.29, 0.717) is 6.04 Å². The number of aliphatic hydroxyl groups excluding tert-OH is 1. The lowest BCUT2D eigenvalue weighted by molar-refractivity contribution is 0.300. The van der Waals surface area contributed by atoms with Gasteiger partial charge in [-0.2, -0.15) is 0 Å². The molecule has 0 aliphatic rings. The van der Waals surface area contributed by atoms with Crippen LogP contribution in [-0.4, -0.2) is 23.0 Å². The molecular formula is C13H20ClNOS. The summed E-state index contributed by atoms with van der Waals surface area (Å²) in [5.41, 5.74) is 1.19. The molecule has 17 heavy (non-hydrogen) atoms. The molecular weight excluding hydrogens is 254 g/mol. The summed E-state index contributed by atoms with van der Waals surface area (Å²) in [7, 11) is 0. The number of halogens is 1. The molecule has 0 aliphatic carbocycles. The van der Waals surface area contributed by atoms with Crippen molar-refractivity contribution in [2.75, 3.05) is 6.61 Å². The van der Waals surface area contributed by atoms with Crippen LogP contribution in [0, 0.1) is 0 Å². The van der Waals surface area contributed by atoms with Gasteiger partial charge in [-0.25, -0.2) is 0 Å². The van der Waals surface area contributed by atoms with E-state index in [-0.39, 0.29) is 11.9 Å². The lowest BCUT2D eigenvalue weighted by Gasteiger charge is -2.16. The second kappa shape index (κ2) is 7.27. The molecule has 4 heteroatoms. The number of thioether (sulfide) groups is 1. The van der Waals surface area contributed by atoms with Gasteiger partial charge in [0, 0.05) is 22.7 Å². The molecule has 1 unspecified atom stereocenters. The van der Waals surface area contributed by atoms with Crippen LogP contribution in [0.2, 0.25) is 5.02 Å². The van der Waals surface area contributed by atoms with E-state index in [1.165, 1.54) is 5.56 Å². The zero-order valence-electron chi connectivity index (χ0n) is 10.5. The molecule has 1 aromatic carbocycles. The highest BCUT2D eigenvalue weighted by Crippen LogP contribution is 2.33. The van der Waals surface area contributed by atoms with Crippen molar-refractivity contribution in [2.45, 2.75) is 43.5 Å². The first-order valence-corrected chi connectivity index (χ1v) is 7.08. The summed E-state index contributed by atoms with van der Waals surface area (Å²) in [6, 6.07) is 6.38. The van der Waals surface area contributed by atoms with Crippen LogP contribution in [0.5, 0.6) is 0 Å². The second-order valence-electron chi connectivity index (χ2n) is 4.37. The van der Waals surface area contributed by atoms with E-state index in [0.717, 1.165) is 16.5 Å². The number of hydrogen-bond acceptors (Lipinski definition) is 3. The van der Waals surface area contributed by atoms with Crippen LogP contribution in [0.3, 0.4) is 0 Å². The lowest BCUT2D eigenvalue weighted by atomic mass is 10.2. The Hall–Kier alpha value is -0.220. The molecule has 0 aliphatic heterocycles. The minimum Gasteiger partial charge on any atom is -0.395 e. The summed E-state index contributed by atoms with van der Waals surface area (Å²) in [6.07, 6.45) is 0. The van der Waals surface area contributed by atoms with Crippen molar-refractivity contribution in [3.63, 3.8) is 0 Å². The maximum absolute atomic E-state index is 9.12. The molecule has 0 spiro atoms. The predicted molar refractivity (Wildman–Crippen MR) is 75.8 cm³/mol. The molecule has 0 radical (unpaired) electrons. The first-order chi connectivity index (χ1) is 8.04. The van der Waals surface area contributed by atoms with Gasteiger partial charge in [-0.1, -0.05) is 44.5 Å². The normalized spacial score (nSPS) is 13.1. The number of nitrogens with one attached hydrogen (secondary N) is 1. The quantitative estimate of drug-likeness (QED) is 0.780. The van der Waals surface area contributed by atoms with E-state index in [4.69, 9.17) is 16.7 Å². The molecule has 2 N–H and O–H groups in total. The minimum atomic E-state index is 0.160. The zero-order chi connectivity index (χ0) is 12.8. The van der Waals surface area contributed by atoms with Crippen molar-refractivity contribution < 1.29 is 5.11 Å². The maximum Gasteiger partial charge on any atom is 0.0550 e. The van der Waals surface area contributed by atoms with Crippen LogP contribution in [0.4, 0.5) is 0 Å². The standard InChI is InChI=1S/C13H20ClNOS/c1-9(2)15-7-11-5-4-6-12(14)13(11)17-10(3)8-16/h4-6,9-10,15-16H,7-8H2,1-3H3. The van der Waals surface area contributed by atoms with Crippen molar-refractivity contribution >= 4 is 23.4 Å². The fourth-order valence-corrected chi connectivity index (χ4v) is 2.65. The van der Waals surface area contributed by atoms with Gasteiger partial charge < -0.3 is 10.4 Å². The molecule has 2 nitrogen and oxygen atoms in total. The SMILES string of the molecule is CC(C)NCc1cccc(Cl)c1SC(C)CO. The Labute approximate surface area is 113 Å². The third-order valence-corrected chi connectivity index (χ3v) is 4.02. The van der Waals surface area contributed by atoms with Gasteiger partial charge >= 0.3 is 0 Å². The highest BCUT2D eigenvalue weighted by atomic mass is 35.5. The molecule has 1 atom stereocenters. The van der Waals surface area contributed by atoms with Gasteiger partial charge in [0.25, 0.3) is 0 Å². The van der Waals surface area contributed by atoms with Crippen LogP contribution in [-0.2, 0) is 6.54 Å². The molecule has 96 valence electrons. The summed E-state index contributed by atoms with van der Waals surface area (Å²) < 4.78 is 0. The van der Waals surface area contributed by atoms with Gasteiger partial charge in [0.2, 0.25) is 0 Å². The van der Waals surface area contributed by atoms with Crippen molar-refractivity contribution in [1.29, 1.82) is 0 Å². The molecule has 0 aromatic heterocycles. The summed E-state index contributed by atoms with van der Waals surface area (Å²) in [5, 5.41) is 13.4. The highest BCUT2D eigenvalue weighted by Gasteiger charge is 2.11. The van der Waals surface area contributed by atoms with Crippen LogP contribution in [0.1, 0.15) is 26.3 Å². The Balaban J connectivity index is 2.84. The Morgan fingerprint density at radius 1 is 1.35 bits per heavy atom. The highest BCUT2D eigenvalue weighted by molar-refractivity contribution is 8.00. The van der Waals surface area contributed by atoms with Crippen molar-refractivity contribution in [3.8, 4) is 0 Å². The van der Waals surface area contributed by atoms with Crippen molar-refractivity contribution in [2.24, 2.45) is 0 Å². The largest absolute Gasteiger partial charge is 0.395 e. The van der Waals surface area contributed by atoms with Crippen molar-refractivity contribution in [3.05, 3.63) is 28.8 Å². The van der Waals surface area contributed by atoms with E-state index in [1.807, 2.05) is 19.1 Å². The van der Waals surface area contributed by atoms with Crippen LogP contribution >= 0.6 is 23.4 Å².